The Hall–Kier alpha value is -0.120. The largest absolute Gasteiger partial charge is 0.383 e. The zero-order chi connectivity index (χ0) is 14.4. The van der Waals surface area contributed by atoms with Crippen LogP contribution in [0.3, 0.4) is 0 Å². The summed E-state index contributed by atoms with van der Waals surface area (Å²) < 4.78 is 5.47. The van der Waals surface area contributed by atoms with Gasteiger partial charge in [-0.25, -0.2) is 0 Å². The van der Waals surface area contributed by atoms with Crippen LogP contribution in [0.15, 0.2) is 0 Å². The van der Waals surface area contributed by atoms with Crippen LogP contribution in [0.25, 0.3) is 0 Å². The number of rotatable bonds is 7. The summed E-state index contributed by atoms with van der Waals surface area (Å²) in [4.78, 5) is 2.71. The molecular formula is C16H34N2O. The summed E-state index contributed by atoms with van der Waals surface area (Å²) in [5, 5.41) is 3.75. The minimum atomic E-state index is 0.545. The Bertz CT molecular complexity index is 245. The third kappa shape index (κ3) is 4.44. The zero-order valence-electron chi connectivity index (χ0n) is 13.8. The molecule has 0 saturated carbocycles. The van der Waals surface area contributed by atoms with E-state index in [-0.39, 0.29) is 0 Å². The van der Waals surface area contributed by atoms with Crippen LogP contribution in [-0.4, -0.2) is 49.8 Å². The van der Waals surface area contributed by atoms with E-state index >= 15 is 0 Å². The molecule has 0 aliphatic carbocycles. The highest BCUT2D eigenvalue weighted by molar-refractivity contribution is 4.91. The van der Waals surface area contributed by atoms with Crippen molar-refractivity contribution in [1.82, 2.24) is 10.2 Å². The van der Waals surface area contributed by atoms with Gasteiger partial charge in [-0.15, -0.1) is 0 Å². The van der Waals surface area contributed by atoms with Gasteiger partial charge >= 0.3 is 0 Å². The molecule has 1 fully saturated rings. The van der Waals surface area contributed by atoms with Gasteiger partial charge in [0.1, 0.15) is 0 Å². The van der Waals surface area contributed by atoms with E-state index in [1.807, 2.05) is 7.11 Å². The molecule has 0 aromatic rings. The van der Waals surface area contributed by atoms with Gasteiger partial charge in [-0.1, -0.05) is 41.0 Å². The minimum absolute atomic E-state index is 0.545. The molecule has 114 valence electrons. The molecule has 3 nitrogen and oxygen atoms in total. The first-order valence-electron chi connectivity index (χ1n) is 8.03. The van der Waals surface area contributed by atoms with E-state index in [2.05, 4.69) is 44.8 Å². The summed E-state index contributed by atoms with van der Waals surface area (Å²) in [6.45, 7) is 14.7. The molecule has 0 aromatic carbocycles. The van der Waals surface area contributed by atoms with Gasteiger partial charge in [0.25, 0.3) is 0 Å². The summed E-state index contributed by atoms with van der Waals surface area (Å²) >= 11 is 0. The molecule has 1 N–H and O–H groups in total. The van der Waals surface area contributed by atoms with Crippen LogP contribution in [0.2, 0.25) is 0 Å². The molecule has 1 saturated heterocycles. The standard InChI is InChI=1S/C16H34N2O/c1-7-13(5)15-10-18(14(8-2)9-17-15)16(11-19-6)12(3)4/h12-17H,7-11H2,1-6H3. The first-order valence-corrected chi connectivity index (χ1v) is 8.03. The van der Waals surface area contributed by atoms with E-state index in [0.717, 1.165) is 19.1 Å². The van der Waals surface area contributed by atoms with Crippen LogP contribution in [0, 0.1) is 11.8 Å². The van der Waals surface area contributed by atoms with Gasteiger partial charge in [-0.2, -0.15) is 0 Å². The average molecular weight is 270 g/mol. The fourth-order valence-corrected chi connectivity index (χ4v) is 3.14. The zero-order valence-corrected chi connectivity index (χ0v) is 13.8. The maximum Gasteiger partial charge on any atom is 0.0620 e. The number of nitrogens with one attached hydrogen (secondary N) is 1. The van der Waals surface area contributed by atoms with Crippen molar-refractivity contribution in [1.29, 1.82) is 0 Å². The Balaban J connectivity index is 2.77. The fourth-order valence-electron chi connectivity index (χ4n) is 3.14. The van der Waals surface area contributed by atoms with Crippen LogP contribution >= 0.6 is 0 Å². The minimum Gasteiger partial charge on any atom is -0.383 e. The first-order chi connectivity index (χ1) is 9.04. The van der Waals surface area contributed by atoms with Crippen LogP contribution in [0.1, 0.15) is 47.5 Å². The summed E-state index contributed by atoms with van der Waals surface area (Å²) in [7, 11) is 1.82. The van der Waals surface area contributed by atoms with Crippen LogP contribution < -0.4 is 5.32 Å². The Morgan fingerprint density at radius 3 is 2.42 bits per heavy atom. The van der Waals surface area contributed by atoms with Crippen LogP contribution in [0.5, 0.6) is 0 Å². The molecule has 1 rings (SSSR count). The summed E-state index contributed by atoms with van der Waals surface area (Å²) in [6.07, 6.45) is 2.46. The number of methoxy groups -OCH3 is 1. The molecular weight excluding hydrogens is 236 g/mol. The van der Waals surface area contributed by atoms with Gasteiger partial charge < -0.3 is 10.1 Å². The SMILES string of the molecule is CCC(C)C1CN(C(COC)C(C)C)C(CC)CN1. The van der Waals surface area contributed by atoms with Gasteiger partial charge in [0.2, 0.25) is 0 Å². The van der Waals surface area contributed by atoms with Crippen molar-refractivity contribution < 1.29 is 4.74 Å². The highest BCUT2D eigenvalue weighted by Crippen LogP contribution is 2.23. The predicted octanol–water partition coefficient (Wildman–Crippen LogP) is 2.76. The van der Waals surface area contributed by atoms with Crippen molar-refractivity contribution in [2.24, 2.45) is 11.8 Å². The molecule has 0 spiro atoms. The van der Waals surface area contributed by atoms with E-state index in [4.69, 9.17) is 4.74 Å². The van der Waals surface area contributed by atoms with Crippen molar-refractivity contribution in [3.63, 3.8) is 0 Å². The van der Waals surface area contributed by atoms with Gasteiger partial charge in [0.05, 0.1) is 6.61 Å². The maximum atomic E-state index is 5.47. The number of hydrogen-bond donors (Lipinski definition) is 1. The van der Waals surface area contributed by atoms with Gasteiger partial charge in [0.15, 0.2) is 0 Å². The Kier molecular flexibility index (Phi) is 7.33. The molecule has 4 atom stereocenters. The van der Waals surface area contributed by atoms with Crippen molar-refractivity contribution >= 4 is 0 Å². The Morgan fingerprint density at radius 1 is 1.26 bits per heavy atom. The van der Waals surface area contributed by atoms with E-state index in [1.165, 1.54) is 19.4 Å². The second kappa shape index (κ2) is 8.23. The van der Waals surface area contributed by atoms with E-state index < -0.39 is 0 Å². The Morgan fingerprint density at radius 2 is 1.95 bits per heavy atom. The lowest BCUT2D eigenvalue weighted by molar-refractivity contribution is 0.00399. The van der Waals surface area contributed by atoms with E-state index in [9.17, 15) is 0 Å². The number of hydrogen-bond acceptors (Lipinski definition) is 3. The molecule has 1 aliphatic rings. The smallest absolute Gasteiger partial charge is 0.0620 e. The van der Waals surface area contributed by atoms with Crippen molar-refractivity contribution in [2.75, 3.05) is 26.8 Å². The number of piperazine rings is 1. The molecule has 1 aliphatic heterocycles. The van der Waals surface area contributed by atoms with Crippen LogP contribution in [0.4, 0.5) is 0 Å². The predicted molar refractivity (Wildman–Crippen MR) is 82.5 cm³/mol. The lowest BCUT2D eigenvalue weighted by atomic mass is 9.91. The highest BCUT2D eigenvalue weighted by Gasteiger charge is 2.34. The molecule has 1 heterocycles. The lowest BCUT2D eigenvalue weighted by Gasteiger charge is -2.47. The molecule has 0 amide bonds. The fraction of sp³-hybridized carbons (Fsp3) is 1.00. The van der Waals surface area contributed by atoms with E-state index in [1.54, 1.807) is 0 Å². The molecule has 0 radical (unpaired) electrons. The lowest BCUT2D eigenvalue weighted by Crippen LogP contribution is -2.62. The first kappa shape index (κ1) is 16.9. The van der Waals surface area contributed by atoms with Gasteiger partial charge in [-0.3, -0.25) is 4.90 Å². The third-order valence-corrected chi connectivity index (χ3v) is 4.83. The van der Waals surface area contributed by atoms with Crippen molar-refractivity contribution in [2.45, 2.75) is 65.6 Å². The van der Waals surface area contributed by atoms with Crippen LogP contribution in [-0.2, 0) is 4.74 Å². The van der Waals surface area contributed by atoms with Crippen molar-refractivity contribution in [3.05, 3.63) is 0 Å². The average Bonchev–Trinajstić information content (AvgIpc) is 2.42. The monoisotopic (exact) mass is 270 g/mol. The Labute approximate surface area is 120 Å². The third-order valence-electron chi connectivity index (χ3n) is 4.83. The topological polar surface area (TPSA) is 24.5 Å². The summed E-state index contributed by atoms with van der Waals surface area (Å²) in [5.74, 6) is 1.39. The highest BCUT2D eigenvalue weighted by atomic mass is 16.5. The van der Waals surface area contributed by atoms with Crippen molar-refractivity contribution in [3.8, 4) is 0 Å². The number of ether oxygens (including phenoxy) is 1. The van der Waals surface area contributed by atoms with Gasteiger partial charge in [0, 0.05) is 38.3 Å². The van der Waals surface area contributed by atoms with Gasteiger partial charge in [-0.05, 0) is 18.3 Å². The normalized spacial score (nSPS) is 28.6. The molecule has 19 heavy (non-hydrogen) atoms. The number of nitrogens with zero attached hydrogens (tertiary/aromatic N) is 1. The quantitative estimate of drug-likeness (QED) is 0.770. The summed E-state index contributed by atoms with van der Waals surface area (Å²) in [5.41, 5.74) is 0. The molecule has 0 aromatic heterocycles. The molecule has 0 bridgehead atoms. The second-order valence-corrected chi connectivity index (χ2v) is 6.43. The second-order valence-electron chi connectivity index (χ2n) is 6.43. The molecule has 4 unspecified atom stereocenters. The molecule has 3 heteroatoms. The van der Waals surface area contributed by atoms with E-state index in [0.29, 0.717) is 24.0 Å². The summed E-state index contributed by atoms with van der Waals surface area (Å²) in [6, 6.07) is 1.83. The maximum absolute atomic E-state index is 5.47.